The molecule has 0 aromatic carbocycles. The molecule has 0 spiro atoms. The number of aliphatic carboxylic acids is 1. The van der Waals surface area contributed by atoms with Crippen LogP contribution in [0.25, 0.3) is 0 Å². The SMILES string of the molecule is C[C@H]1C[C@@H](O)[C@H](O)[C@@H](C(=O)O)O1. The van der Waals surface area contributed by atoms with Crippen molar-refractivity contribution in [1.29, 1.82) is 0 Å². The van der Waals surface area contributed by atoms with Gasteiger partial charge in [-0.2, -0.15) is 0 Å². The molecule has 0 aliphatic carbocycles. The van der Waals surface area contributed by atoms with E-state index in [0.717, 1.165) is 0 Å². The highest BCUT2D eigenvalue weighted by Crippen LogP contribution is 2.19. The summed E-state index contributed by atoms with van der Waals surface area (Å²) < 4.78 is 4.92. The minimum absolute atomic E-state index is 0.269. The van der Waals surface area contributed by atoms with Gasteiger partial charge >= 0.3 is 5.97 Å². The van der Waals surface area contributed by atoms with E-state index in [0.29, 0.717) is 0 Å². The molecule has 0 amide bonds. The lowest BCUT2D eigenvalue weighted by Gasteiger charge is -2.33. The van der Waals surface area contributed by atoms with Crippen LogP contribution in [0.2, 0.25) is 0 Å². The van der Waals surface area contributed by atoms with Crippen LogP contribution in [0.4, 0.5) is 0 Å². The van der Waals surface area contributed by atoms with Gasteiger partial charge in [-0.15, -0.1) is 0 Å². The van der Waals surface area contributed by atoms with Gasteiger partial charge < -0.3 is 20.1 Å². The normalized spacial score (nSPS) is 42.6. The van der Waals surface area contributed by atoms with Crippen LogP contribution >= 0.6 is 0 Å². The largest absolute Gasteiger partial charge is 0.479 e. The van der Waals surface area contributed by atoms with Gasteiger partial charge in [0.2, 0.25) is 0 Å². The third-order valence-corrected chi connectivity index (χ3v) is 1.90. The minimum atomic E-state index is -1.32. The van der Waals surface area contributed by atoms with Crippen LogP contribution in [0.15, 0.2) is 0 Å². The van der Waals surface area contributed by atoms with Crippen LogP contribution < -0.4 is 0 Å². The van der Waals surface area contributed by atoms with Crippen molar-refractivity contribution >= 4 is 5.97 Å². The van der Waals surface area contributed by atoms with Crippen molar-refractivity contribution in [2.75, 3.05) is 0 Å². The predicted octanol–water partition coefficient (Wildman–Crippen LogP) is -1.03. The smallest absolute Gasteiger partial charge is 0.335 e. The average molecular weight is 176 g/mol. The number of aliphatic hydroxyl groups is 2. The lowest BCUT2D eigenvalue weighted by molar-refractivity contribution is -0.190. The Hall–Kier alpha value is -0.650. The van der Waals surface area contributed by atoms with Crippen LogP contribution in [0.5, 0.6) is 0 Å². The molecule has 1 aliphatic rings. The third-order valence-electron chi connectivity index (χ3n) is 1.90. The van der Waals surface area contributed by atoms with Crippen molar-refractivity contribution in [3.8, 4) is 0 Å². The van der Waals surface area contributed by atoms with E-state index in [9.17, 15) is 9.90 Å². The zero-order valence-corrected chi connectivity index (χ0v) is 6.67. The van der Waals surface area contributed by atoms with Crippen molar-refractivity contribution in [1.82, 2.24) is 0 Å². The van der Waals surface area contributed by atoms with Crippen LogP contribution in [0.1, 0.15) is 13.3 Å². The molecule has 3 N–H and O–H groups in total. The number of carbonyl (C=O) groups is 1. The summed E-state index contributed by atoms with van der Waals surface area (Å²) in [4.78, 5) is 10.5. The van der Waals surface area contributed by atoms with E-state index in [4.69, 9.17) is 14.9 Å². The quantitative estimate of drug-likeness (QED) is 0.475. The van der Waals surface area contributed by atoms with Gasteiger partial charge in [-0.05, 0) is 6.92 Å². The summed E-state index contributed by atoms with van der Waals surface area (Å²) >= 11 is 0. The van der Waals surface area contributed by atoms with Gasteiger partial charge in [0, 0.05) is 6.42 Å². The maximum Gasteiger partial charge on any atom is 0.335 e. The summed E-state index contributed by atoms with van der Waals surface area (Å²) in [6, 6.07) is 0. The number of carboxylic acids is 1. The second-order valence-electron chi connectivity index (χ2n) is 3.00. The molecule has 1 aliphatic heterocycles. The van der Waals surface area contributed by atoms with Gasteiger partial charge in [0.15, 0.2) is 6.10 Å². The van der Waals surface area contributed by atoms with E-state index in [1.165, 1.54) is 0 Å². The van der Waals surface area contributed by atoms with Gasteiger partial charge in [-0.3, -0.25) is 0 Å². The molecule has 1 fully saturated rings. The Morgan fingerprint density at radius 3 is 2.58 bits per heavy atom. The average Bonchev–Trinajstić information content (AvgIpc) is 1.96. The fraction of sp³-hybridized carbons (Fsp3) is 0.857. The number of ether oxygens (including phenoxy) is 1. The number of rotatable bonds is 1. The first-order chi connectivity index (χ1) is 5.52. The van der Waals surface area contributed by atoms with Gasteiger partial charge in [0.1, 0.15) is 6.10 Å². The molecule has 70 valence electrons. The topological polar surface area (TPSA) is 87.0 Å². The van der Waals surface area contributed by atoms with Crippen molar-refractivity contribution < 1.29 is 24.9 Å². The van der Waals surface area contributed by atoms with E-state index in [-0.39, 0.29) is 12.5 Å². The molecule has 5 nitrogen and oxygen atoms in total. The van der Waals surface area contributed by atoms with Crippen molar-refractivity contribution in [2.45, 2.75) is 37.8 Å². The molecule has 12 heavy (non-hydrogen) atoms. The first kappa shape index (κ1) is 9.44. The van der Waals surface area contributed by atoms with Gasteiger partial charge in [0.05, 0.1) is 12.2 Å². The molecule has 1 saturated heterocycles. The van der Waals surface area contributed by atoms with Crippen LogP contribution in [0.3, 0.4) is 0 Å². The van der Waals surface area contributed by atoms with E-state index in [2.05, 4.69) is 0 Å². The summed E-state index contributed by atoms with van der Waals surface area (Å²) in [5, 5.41) is 26.9. The molecule has 4 atom stereocenters. The molecule has 0 radical (unpaired) electrons. The van der Waals surface area contributed by atoms with Crippen LogP contribution in [-0.2, 0) is 9.53 Å². The molecule has 1 heterocycles. The van der Waals surface area contributed by atoms with Crippen molar-refractivity contribution in [3.63, 3.8) is 0 Å². The van der Waals surface area contributed by atoms with Crippen molar-refractivity contribution in [3.05, 3.63) is 0 Å². The summed E-state index contributed by atoms with van der Waals surface area (Å²) in [6.45, 7) is 1.66. The number of hydrogen-bond donors (Lipinski definition) is 3. The first-order valence-corrected chi connectivity index (χ1v) is 3.76. The lowest BCUT2D eigenvalue weighted by atomic mass is 9.99. The maximum absolute atomic E-state index is 10.5. The molecular formula is C7H12O5. The molecule has 0 unspecified atom stereocenters. The monoisotopic (exact) mass is 176 g/mol. The number of carboxylic acid groups (broad SMARTS) is 1. The van der Waals surface area contributed by atoms with Crippen molar-refractivity contribution in [2.24, 2.45) is 0 Å². The van der Waals surface area contributed by atoms with Gasteiger partial charge in [-0.25, -0.2) is 4.79 Å². The minimum Gasteiger partial charge on any atom is -0.479 e. The highest BCUT2D eigenvalue weighted by atomic mass is 16.5. The molecule has 1 rings (SSSR count). The van der Waals surface area contributed by atoms with E-state index >= 15 is 0 Å². The Bertz CT molecular complexity index is 181. The van der Waals surface area contributed by atoms with Crippen LogP contribution in [-0.4, -0.2) is 45.7 Å². The molecule has 0 saturated carbocycles. The Morgan fingerprint density at radius 1 is 1.50 bits per heavy atom. The summed E-state index contributed by atoms with van der Waals surface area (Å²) in [6.07, 6.45) is -3.69. The number of hydrogen-bond acceptors (Lipinski definition) is 4. The van der Waals surface area contributed by atoms with E-state index in [1.54, 1.807) is 6.92 Å². The third kappa shape index (κ3) is 1.74. The fourth-order valence-corrected chi connectivity index (χ4v) is 1.27. The first-order valence-electron chi connectivity index (χ1n) is 3.76. The summed E-state index contributed by atoms with van der Waals surface area (Å²) in [5.74, 6) is -1.24. The second kappa shape index (κ2) is 3.38. The van der Waals surface area contributed by atoms with Gasteiger partial charge in [-0.1, -0.05) is 0 Å². The highest BCUT2D eigenvalue weighted by molar-refractivity contribution is 5.73. The summed E-state index contributed by atoms with van der Waals surface area (Å²) in [5.41, 5.74) is 0. The maximum atomic E-state index is 10.5. The highest BCUT2D eigenvalue weighted by Gasteiger charge is 2.39. The fourth-order valence-electron chi connectivity index (χ4n) is 1.27. The predicted molar refractivity (Wildman–Crippen MR) is 38.6 cm³/mol. The molecule has 0 bridgehead atoms. The Labute approximate surface area is 69.6 Å². The molecule has 0 aromatic rings. The summed E-state index contributed by atoms with van der Waals surface area (Å²) in [7, 11) is 0. The standard InChI is InChI=1S/C7H12O5/c1-3-2-4(8)5(9)6(12-3)7(10)11/h3-6,8-9H,2H2,1H3,(H,10,11)/t3-,4+,5-,6-/m0/s1. The molecule has 0 aromatic heterocycles. The molecule has 5 heteroatoms. The Kier molecular flexibility index (Phi) is 2.66. The lowest BCUT2D eigenvalue weighted by Crippen LogP contribution is -2.51. The van der Waals surface area contributed by atoms with Gasteiger partial charge in [0.25, 0.3) is 0 Å². The van der Waals surface area contributed by atoms with E-state index in [1.807, 2.05) is 0 Å². The zero-order chi connectivity index (χ0) is 9.30. The Balaban J connectivity index is 2.66. The zero-order valence-electron chi connectivity index (χ0n) is 6.67. The van der Waals surface area contributed by atoms with E-state index < -0.39 is 24.3 Å². The number of aliphatic hydroxyl groups excluding tert-OH is 2. The van der Waals surface area contributed by atoms with Crippen LogP contribution in [0, 0.1) is 0 Å². The molecular weight excluding hydrogens is 164 g/mol. The second-order valence-corrected chi connectivity index (χ2v) is 3.00. The Morgan fingerprint density at radius 2 is 2.08 bits per heavy atom.